The number of anilines is 1. The molecule has 0 saturated heterocycles. The van der Waals surface area contributed by atoms with E-state index >= 15 is 0 Å². The van der Waals surface area contributed by atoms with Crippen LogP contribution in [0.2, 0.25) is 0 Å². The monoisotopic (exact) mass is 509 g/mol. The quantitative estimate of drug-likeness (QED) is 0.481. The molecule has 3 aromatic rings. The highest BCUT2D eigenvalue weighted by Crippen LogP contribution is 2.32. The normalized spacial score (nSPS) is 11.8. The first-order chi connectivity index (χ1) is 16.4. The van der Waals surface area contributed by atoms with E-state index in [0.717, 1.165) is 22.8 Å². The Kier molecular flexibility index (Phi) is 7.58. The third-order valence-electron chi connectivity index (χ3n) is 4.95. The van der Waals surface area contributed by atoms with Gasteiger partial charge in [0, 0.05) is 30.2 Å². The maximum absolute atomic E-state index is 13.2. The van der Waals surface area contributed by atoms with Crippen molar-refractivity contribution in [3.63, 3.8) is 0 Å². The number of pyridine rings is 1. The molecule has 0 saturated carbocycles. The van der Waals surface area contributed by atoms with Gasteiger partial charge >= 0.3 is 6.18 Å². The van der Waals surface area contributed by atoms with Crippen LogP contribution in [0.1, 0.15) is 28.2 Å². The summed E-state index contributed by atoms with van der Waals surface area (Å²) in [5, 5.41) is 2.62. The smallest absolute Gasteiger partial charge is 0.350 e. The van der Waals surface area contributed by atoms with E-state index in [1.807, 2.05) is 4.72 Å². The van der Waals surface area contributed by atoms with Gasteiger partial charge in [-0.15, -0.1) is 0 Å². The van der Waals surface area contributed by atoms with Crippen LogP contribution >= 0.6 is 0 Å². The van der Waals surface area contributed by atoms with E-state index in [-0.39, 0.29) is 12.2 Å². The van der Waals surface area contributed by atoms with Gasteiger partial charge < -0.3 is 9.88 Å². The Morgan fingerprint density at radius 1 is 1.06 bits per heavy atom. The summed E-state index contributed by atoms with van der Waals surface area (Å²) in [6.45, 7) is 3.00. The van der Waals surface area contributed by atoms with Crippen molar-refractivity contribution in [3.8, 4) is 0 Å². The molecule has 13 heteroatoms. The number of benzene rings is 1. The summed E-state index contributed by atoms with van der Waals surface area (Å²) in [5.41, 5.74) is -1.71. The Morgan fingerprint density at radius 2 is 1.71 bits per heavy atom. The second-order valence-corrected chi connectivity index (χ2v) is 9.43. The molecule has 186 valence electrons. The van der Waals surface area contributed by atoms with Crippen LogP contribution in [0, 0.1) is 13.8 Å². The highest BCUT2D eigenvalue weighted by Gasteiger charge is 2.34. The fraction of sp³-hybridized carbons (Fsp3) is 0.273. The number of hydrogen-bond donors (Lipinski definition) is 2. The van der Waals surface area contributed by atoms with Gasteiger partial charge in [-0.2, -0.15) is 13.2 Å². The molecule has 35 heavy (non-hydrogen) atoms. The van der Waals surface area contributed by atoms with E-state index in [0.29, 0.717) is 17.1 Å². The second kappa shape index (κ2) is 10.3. The lowest BCUT2D eigenvalue weighted by molar-refractivity contribution is -0.138. The zero-order chi connectivity index (χ0) is 25.8. The van der Waals surface area contributed by atoms with Gasteiger partial charge in [0.1, 0.15) is 18.1 Å². The zero-order valence-electron chi connectivity index (χ0n) is 18.8. The Labute approximate surface area is 199 Å². The van der Waals surface area contributed by atoms with E-state index in [2.05, 4.69) is 15.3 Å². The largest absolute Gasteiger partial charge is 0.416 e. The SMILES string of the molecule is Cc1ncc(CNC(=O)Cn2c(C)ccc(NS(=O)(=O)Cc3ccccc3C(F)(F)F)c2=O)cn1. The van der Waals surface area contributed by atoms with E-state index in [9.17, 15) is 31.2 Å². The summed E-state index contributed by atoms with van der Waals surface area (Å²) in [7, 11) is -4.38. The number of aryl methyl sites for hydroxylation is 2. The predicted octanol–water partition coefficient (Wildman–Crippen LogP) is 2.53. The molecule has 2 aromatic heterocycles. The average Bonchev–Trinajstić information content (AvgIpc) is 2.77. The Balaban J connectivity index is 1.75. The van der Waals surface area contributed by atoms with Gasteiger partial charge in [-0.1, -0.05) is 18.2 Å². The van der Waals surface area contributed by atoms with Gasteiger partial charge in [0.2, 0.25) is 15.9 Å². The molecule has 0 aliphatic carbocycles. The standard InChI is InChI=1S/C22H22F3N5O4S/c1-14-7-8-19(29-35(33,34)13-17-5-3-4-6-18(17)22(23,24)25)21(32)30(14)12-20(31)28-11-16-9-26-15(2)27-10-16/h3-10,29H,11-13H2,1-2H3,(H,28,31). The first-order valence-corrected chi connectivity index (χ1v) is 11.9. The van der Waals surface area contributed by atoms with Crippen LogP contribution in [-0.2, 0) is 39.8 Å². The highest BCUT2D eigenvalue weighted by molar-refractivity contribution is 7.91. The van der Waals surface area contributed by atoms with Gasteiger partial charge in [0.05, 0.1) is 11.3 Å². The number of sulfonamides is 1. The summed E-state index contributed by atoms with van der Waals surface area (Å²) in [6.07, 6.45) is -1.64. The molecule has 0 bridgehead atoms. The van der Waals surface area contributed by atoms with Gasteiger partial charge in [-0.05, 0) is 37.6 Å². The van der Waals surface area contributed by atoms with E-state index < -0.39 is 51.1 Å². The number of aromatic nitrogens is 3. The minimum atomic E-state index is -4.74. The zero-order valence-corrected chi connectivity index (χ0v) is 19.6. The molecular weight excluding hydrogens is 487 g/mol. The Morgan fingerprint density at radius 3 is 2.37 bits per heavy atom. The van der Waals surface area contributed by atoms with E-state index in [4.69, 9.17) is 0 Å². The molecule has 0 atom stereocenters. The average molecular weight is 510 g/mol. The lowest BCUT2D eigenvalue weighted by Gasteiger charge is -2.15. The molecule has 1 aromatic carbocycles. The molecule has 0 fully saturated rings. The molecule has 2 N–H and O–H groups in total. The van der Waals surface area contributed by atoms with Crippen molar-refractivity contribution >= 4 is 21.6 Å². The molecule has 0 unspecified atom stereocenters. The number of carbonyl (C=O) groups is 1. The van der Waals surface area contributed by atoms with Crippen molar-refractivity contribution in [2.45, 2.75) is 38.9 Å². The molecule has 0 radical (unpaired) electrons. The van der Waals surface area contributed by atoms with Crippen LogP contribution in [0.25, 0.3) is 0 Å². The molecule has 0 aliphatic rings. The number of nitrogens with zero attached hydrogens (tertiary/aromatic N) is 3. The lowest BCUT2D eigenvalue weighted by Crippen LogP contribution is -2.34. The van der Waals surface area contributed by atoms with Crippen LogP contribution in [0.5, 0.6) is 0 Å². The molecule has 0 spiro atoms. The summed E-state index contributed by atoms with van der Waals surface area (Å²) < 4.78 is 67.9. The number of carbonyl (C=O) groups excluding carboxylic acids is 1. The highest BCUT2D eigenvalue weighted by atomic mass is 32.2. The van der Waals surface area contributed by atoms with Crippen LogP contribution < -0.4 is 15.6 Å². The number of hydrogen-bond acceptors (Lipinski definition) is 6. The summed E-state index contributed by atoms with van der Waals surface area (Å²) in [6, 6.07) is 6.90. The molecule has 1 amide bonds. The summed E-state index contributed by atoms with van der Waals surface area (Å²) in [5.74, 6) is -0.937. The minimum absolute atomic E-state index is 0.123. The third-order valence-corrected chi connectivity index (χ3v) is 6.17. The molecular formula is C22H22F3N5O4S. The maximum atomic E-state index is 13.2. The number of rotatable bonds is 8. The number of halogens is 3. The van der Waals surface area contributed by atoms with Crippen molar-refractivity contribution < 1.29 is 26.4 Å². The first kappa shape index (κ1) is 25.9. The molecule has 9 nitrogen and oxygen atoms in total. The summed E-state index contributed by atoms with van der Waals surface area (Å²) in [4.78, 5) is 33.3. The first-order valence-electron chi connectivity index (χ1n) is 10.3. The van der Waals surface area contributed by atoms with Crippen LogP contribution in [0.3, 0.4) is 0 Å². The van der Waals surface area contributed by atoms with E-state index in [1.54, 1.807) is 26.2 Å². The van der Waals surface area contributed by atoms with Gasteiger partial charge in [0.15, 0.2) is 0 Å². The van der Waals surface area contributed by atoms with Crippen molar-refractivity contribution in [2.24, 2.45) is 0 Å². The fourth-order valence-electron chi connectivity index (χ4n) is 3.19. The second-order valence-electron chi connectivity index (χ2n) is 7.71. The van der Waals surface area contributed by atoms with Gasteiger partial charge in [-0.25, -0.2) is 18.4 Å². The number of alkyl halides is 3. The van der Waals surface area contributed by atoms with Crippen molar-refractivity contribution in [2.75, 3.05) is 4.72 Å². The van der Waals surface area contributed by atoms with Gasteiger partial charge in [-0.3, -0.25) is 14.3 Å². The molecule has 3 rings (SSSR count). The number of amides is 1. The minimum Gasteiger partial charge on any atom is -0.350 e. The molecule has 2 heterocycles. The topological polar surface area (TPSA) is 123 Å². The summed E-state index contributed by atoms with van der Waals surface area (Å²) >= 11 is 0. The molecule has 0 aliphatic heterocycles. The maximum Gasteiger partial charge on any atom is 0.416 e. The number of nitrogens with one attached hydrogen (secondary N) is 2. The van der Waals surface area contributed by atoms with Crippen molar-refractivity contribution in [1.29, 1.82) is 0 Å². The Bertz CT molecular complexity index is 1390. The third kappa shape index (κ3) is 6.88. The Hall–Kier alpha value is -3.74. The van der Waals surface area contributed by atoms with E-state index in [1.165, 1.54) is 18.2 Å². The lowest BCUT2D eigenvalue weighted by atomic mass is 10.1. The van der Waals surface area contributed by atoms with Crippen LogP contribution in [0.15, 0.2) is 53.6 Å². The van der Waals surface area contributed by atoms with Crippen molar-refractivity contribution in [1.82, 2.24) is 19.9 Å². The van der Waals surface area contributed by atoms with Crippen LogP contribution in [0.4, 0.5) is 18.9 Å². The fourth-order valence-corrected chi connectivity index (χ4v) is 4.41. The van der Waals surface area contributed by atoms with Crippen molar-refractivity contribution in [3.05, 3.63) is 87.4 Å². The predicted molar refractivity (Wildman–Crippen MR) is 122 cm³/mol. The van der Waals surface area contributed by atoms with Crippen LogP contribution in [-0.4, -0.2) is 28.9 Å². The van der Waals surface area contributed by atoms with Gasteiger partial charge in [0.25, 0.3) is 5.56 Å².